The second-order valence-electron chi connectivity index (χ2n) is 4.84. The second-order valence-corrected chi connectivity index (χ2v) is 4.84. The first-order chi connectivity index (χ1) is 7.74. The number of nitrogens with zero attached hydrogens (tertiary/aromatic N) is 1. The second kappa shape index (κ2) is 7.66. The van der Waals surface area contributed by atoms with Crippen molar-refractivity contribution in [1.82, 2.24) is 10.2 Å². The van der Waals surface area contributed by atoms with E-state index in [1.165, 1.54) is 19.3 Å². The highest BCUT2D eigenvalue weighted by atomic mass is 16.2. The first kappa shape index (κ1) is 13.5. The molecule has 1 rings (SSSR count). The number of carbonyl (C=O) groups excluding carboxylic acids is 1. The van der Waals surface area contributed by atoms with Crippen molar-refractivity contribution in [3.05, 3.63) is 0 Å². The van der Waals surface area contributed by atoms with Crippen molar-refractivity contribution in [1.29, 1.82) is 0 Å². The van der Waals surface area contributed by atoms with E-state index in [1.807, 2.05) is 4.90 Å². The molecule has 0 radical (unpaired) electrons. The zero-order chi connectivity index (χ0) is 11.8. The first-order valence-electron chi connectivity index (χ1n) is 6.75. The molecule has 94 valence electrons. The normalized spacial score (nSPS) is 18.9. The lowest BCUT2D eigenvalue weighted by molar-refractivity contribution is -0.133. The summed E-state index contributed by atoms with van der Waals surface area (Å²) in [5.41, 5.74) is 0. The number of likely N-dealkylation sites (tertiary alicyclic amines) is 1. The maximum atomic E-state index is 11.6. The Morgan fingerprint density at radius 2 is 2.25 bits per heavy atom. The van der Waals surface area contributed by atoms with Gasteiger partial charge in [-0.05, 0) is 45.6 Å². The Labute approximate surface area is 99.6 Å². The van der Waals surface area contributed by atoms with Gasteiger partial charge in [0.25, 0.3) is 0 Å². The molecule has 1 aliphatic heterocycles. The molecule has 16 heavy (non-hydrogen) atoms. The Balaban J connectivity index is 2.07. The topological polar surface area (TPSA) is 32.3 Å². The third-order valence-electron chi connectivity index (χ3n) is 3.23. The summed E-state index contributed by atoms with van der Waals surface area (Å²) in [4.78, 5) is 13.6. The number of hydrogen-bond acceptors (Lipinski definition) is 2. The van der Waals surface area contributed by atoms with Crippen LogP contribution in [0, 0.1) is 0 Å². The minimum atomic E-state index is 0.362. The summed E-state index contributed by atoms with van der Waals surface area (Å²) in [5, 5.41) is 3.48. The predicted molar refractivity (Wildman–Crippen MR) is 67.4 cm³/mol. The fourth-order valence-corrected chi connectivity index (χ4v) is 2.18. The first-order valence-corrected chi connectivity index (χ1v) is 6.75. The van der Waals surface area contributed by atoms with E-state index >= 15 is 0 Å². The van der Waals surface area contributed by atoms with Crippen LogP contribution >= 0.6 is 0 Å². The molecule has 3 nitrogen and oxygen atoms in total. The summed E-state index contributed by atoms with van der Waals surface area (Å²) in [6, 6.07) is 0.583. The van der Waals surface area contributed by atoms with Gasteiger partial charge in [0.2, 0.25) is 5.91 Å². The van der Waals surface area contributed by atoms with Crippen LogP contribution in [-0.2, 0) is 4.79 Å². The zero-order valence-electron chi connectivity index (χ0n) is 10.8. The summed E-state index contributed by atoms with van der Waals surface area (Å²) in [7, 11) is 0. The van der Waals surface area contributed by atoms with Crippen molar-refractivity contribution in [2.75, 3.05) is 19.6 Å². The predicted octanol–water partition coefficient (Wildman–Crippen LogP) is 2.17. The van der Waals surface area contributed by atoms with E-state index in [-0.39, 0.29) is 0 Å². The Morgan fingerprint density at radius 1 is 1.44 bits per heavy atom. The molecule has 0 saturated carbocycles. The lowest BCUT2D eigenvalue weighted by atomic mass is 10.1. The van der Waals surface area contributed by atoms with Crippen molar-refractivity contribution in [3.63, 3.8) is 0 Å². The molecule has 1 atom stereocenters. The van der Waals surface area contributed by atoms with Gasteiger partial charge in [0.15, 0.2) is 0 Å². The molecule has 3 heteroatoms. The number of piperidine rings is 1. The van der Waals surface area contributed by atoms with Gasteiger partial charge in [0.1, 0.15) is 0 Å². The van der Waals surface area contributed by atoms with Crippen molar-refractivity contribution in [3.8, 4) is 0 Å². The van der Waals surface area contributed by atoms with Gasteiger partial charge < -0.3 is 10.2 Å². The van der Waals surface area contributed by atoms with E-state index in [1.54, 1.807) is 0 Å². The highest BCUT2D eigenvalue weighted by Gasteiger charge is 2.17. The smallest absolute Gasteiger partial charge is 0.222 e. The largest absolute Gasteiger partial charge is 0.343 e. The van der Waals surface area contributed by atoms with Gasteiger partial charge in [0, 0.05) is 25.6 Å². The molecule has 1 unspecified atom stereocenters. The van der Waals surface area contributed by atoms with Gasteiger partial charge in [-0.15, -0.1) is 0 Å². The quantitative estimate of drug-likeness (QED) is 0.721. The summed E-state index contributed by atoms with van der Waals surface area (Å²) in [6.45, 7) is 7.45. The molecule has 1 aliphatic rings. The average Bonchev–Trinajstić information content (AvgIpc) is 2.29. The fourth-order valence-electron chi connectivity index (χ4n) is 2.18. The Hall–Kier alpha value is -0.570. The summed E-state index contributed by atoms with van der Waals surface area (Å²) >= 11 is 0. The Bertz CT molecular complexity index is 206. The Morgan fingerprint density at radius 3 is 2.94 bits per heavy atom. The lowest BCUT2D eigenvalue weighted by Gasteiger charge is -2.27. The molecule has 1 saturated heterocycles. The number of nitrogens with one attached hydrogen (secondary N) is 1. The van der Waals surface area contributed by atoms with Gasteiger partial charge in [-0.1, -0.05) is 6.92 Å². The van der Waals surface area contributed by atoms with Crippen LogP contribution in [0.1, 0.15) is 52.4 Å². The van der Waals surface area contributed by atoms with Crippen molar-refractivity contribution < 1.29 is 4.79 Å². The van der Waals surface area contributed by atoms with Gasteiger partial charge in [-0.25, -0.2) is 0 Å². The van der Waals surface area contributed by atoms with E-state index < -0.39 is 0 Å². The van der Waals surface area contributed by atoms with Crippen LogP contribution in [0.4, 0.5) is 0 Å². The highest BCUT2D eigenvalue weighted by molar-refractivity contribution is 5.76. The van der Waals surface area contributed by atoms with Crippen LogP contribution in [0.25, 0.3) is 0 Å². The van der Waals surface area contributed by atoms with Gasteiger partial charge in [0.05, 0.1) is 0 Å². The molecule has 0 aromatic carbocycles. The minimum absolute atomic E-state index is 0.362. The molecule has 1 amide bonds. The lowest BCUT2D eigenvalue weighted by Crippen LogP contribution is -2.36. The standard InChI is InChI=1S/C13H26N2O/c1-3-9-14-12(2)7-6-11-15-10-5-4-8-13(15)16/h12,14H,3-11H2,1-2H3. The van der Waals surface area contributed by atoms with Gasteiger partial charge in [-0.3, -0.25) is 4.79 Å². The SMILES string of the molecule is CCCNC(C)CCCN1CCCCC1=O. The van der Waals surface area contributed by atoms with Crippen LogP contribution in [0.15, 0.2) is 0 Å². The molecule has 0 aromatic heterocycles. The molecule has 1 fully saturated rings. The number of amides is 1. The molecule has 0 aromatic rings. The number of rotatable bonds is 7. The zero-order valence-corrected chi connectivity index (χ0v) is 10.8. The fraction of sp³-hybridized carbons (Fsp3) is 0.923. The van der Waals surface area contributed by atoms with Crippen molar-refractivity contribution >= 4 is 5.91 Å². The third-order valence-corrected chi connectivity index (χ3v) is 3.23. The summed E-state index contributed by atoms with van der Waals surface area (Å²) in [6.07, 6.45) is 6.53. The van der Waals surface area contributed by atoms with Gasteiger partial charge >= 0.3 is 0 Å². The molecule has 0 bridgehead atoms. The minimum Gasteiger partial charge on any atom is -0.343 e. The molecule has 1 heterocycles. The molecule has 0 spiro atoms. The number of carbonyl (C=O) groups is 1. The van der Waals surface area contributed by atoms with Crippen molar-refractivity contribution in [2.24, 2.45) is 0 Å². The van der Waals surface area contributed by atoms with Crippen molar-refractivity contribution in [2.45, 2.75) is 58.4 Å². The van der Waals surface area contributed by atoms with E-state index in [9.17, 15) is 4.79 Å². The number of hydrogen-bond donors (Lipinski definition) is 1. The van der Waals surface area contributed by atoms with Crippen LogP contribution in [0.5, 0.6) is 0 Å². The van der Waals surface area contributed by atoms with E-state index in [2.05, 4.69) is 19.2 Å². The summed E-state index contributed by atoms with van der Waals surface area (Å²) in [5.74, 6) is 0.362. The van der Waals surface area contributed by atoms with E-state index in [0.29, 0.717) is 11.9 Å². The summed E-state index contributed by atoms with van der Waals surface area (Å²) < 4.78 is 0. The average molecular weight is 226 g/mol. The van der Waals surface area contributed by atoms with E-state index in [0.717, 1.165) is 38.9 Å². The van der Waals surface area contributed by atoms with Crippen LogP contribution in [0.3, 0.4) is 0 Å². The van der Waals surface area contributed by atoms with Crippen LogP contribution in [-0.4, -0.2) is 36.5 Å². The van der Waals surface area contributed by atoms with Gasteiger partial charge in [-0.2, -0.15) is 0 Å². The molecule has 0 aliphatic carbocycles. The van der Waals surface area contributed by atoms with E-state index in [4.69, 9.17) is 0 Å². The Kier molecular flexibility index (Phi) is 6.46. The molecule has 1 N–H and O–H groups in total. The van der Waals surface area contributed by atoms with Crippen LogP contribution in [0.2, 0.25) is 0 Å². The molecular formula is C13H26N2O. The maximum absolute atomic E-state index is 11.6. The third kappa shape index (κ3) is 4.97. The maximum Gasteiger partial charge on any atom is 0.222 e. The monoisotopic (exact) mass is 226 g/mol. The molecular weight excluding hydrogens is 200 g/mol. The van der Waals surface area contributed by atoms with Crippen LogP contribution < -0.4 is 5.32 Å². The highest BCUT2D eigenvalue weighted by Crippen LogP contribution is 2.11.